The van der Waals surface area contributed by atoms with Gasteiger partial charge in [-0.2, -0.15) is 18.3 Å². The van der Waals surface area contributed by atoms with Gasteiger partial charge in [-0.1, -0.05) is 0 Å². The van der Waals surface area contributed by atoms with Gasteiger partial charge in [-0.15, -0.1) is 0 Å². The van der Waals surface area contributed by atoms with Crippen molar-refractivity contribution in [2.24, 2.45) is 0 Å². The Morgan fingerprint density at radius 3 is 2.67 bits per heavy atom. The van der Waals surface area contributed by atoms with Gasteiger partial charge in [0.05, 0.1) is 6.42 Å². The van der Waals surface area contributed by atoms with Gasteiger partial charge in [-0.05, 0) is 19.0 Å². The van der Waals surface area contributed by atoms with Crippen LogP contribution in [0.15, 0.2) is 18.5 Å². The lowest BCUT2D eigenvalue weighted by molar-refractivity contribution is -0.133. The Balaban J connectivity index is 1.94. The van der Waals surface area contributed by atoms with Gasteiger partial charge in [-0.3, -0.25) is 4.68 Å². The third-order valence-electron chi connectivity index (χ3n) is 1.89. The smallest absolute Gasteiger partial charge is 0.316 e. The van der Waals surface area contributed by atoms with Crippen molar-refractivity contribution in [2.75, 3.05) is 13.1 Å². The maximum absolute atomic E-state index is 11.7. The van der Waals surface area contributed by atoms with Crippen LogP contribution in [0.25, 0.3) is 0 Å². The molecule has 0 aliphatic rings. The van der Waals surface area contributed by atoms with E-state index in [0.29, 0.717) is 6.54 Å². The highest BCUT2D eigenvalue weighted by molar-refractivity contribution is 4.77. The van der Waals surface area contributed by atoms with Crippen molar-refractivity contribution in [2.45, 2.75) is 25.6 Å². The fourth-order valence-electron chi connectivity index (χ4n) is 1.15. The Hall–Kier alpha value is -1.04. The van der Waals surface area contributed by atoms with Gasteiger partial charge in [0.15, 0.2) is 0 Å². The van der Waals surface area contributed by atoms with E-state index in [-0.39, 0.29) is 6.54 Å². The molecule has 1 aromatic heterocycles. The molecule has 0 saturated heterocycles. The van der Waals surface area contributed by atoms with Gasteiger partial charge >= 0.3 is 6.18 Å². The van der Waals surface area contributed by atoms with Gasteiger partial charge in [0.2, 0.25) is 0 Å². The van der Waals surface area contributed by atoms with Crippen LogP contribution in [0.1, 0.15) is 12.8 Å². The molecular formula is C9H14F3N3. The molecule has 0 saturated carbocycles. The van der Waals surface area contributed by atoms with Gasteiger partial charge < -0.3 is 5.32 Å². The van der Waals surface area contributed by atoms with Crippen LogP contribution >= 0.6 is 0 Å². The second kappa shape index (κ2) is 5.75. The second-order valence-corrected chi connectivity index (χ2v) is 3.24. The van der Waals surface area contributed by atoms with E-state index in [1.54, 1.807) is 10.9 Å². The molecule has 86 valence electrons. The molecule has 3 nitrogen and oxygen atoms in total. The molecule has 1 heterocycles. The highest BCUT2D eigenvalue weighted by atomic mass is 19.4. The molecule has 0 aliphatic heterocycles. The summed E-state index contributed by atoms with van der Waals surface area (Å²) in [5.74, 6) is 0. The number of nitrogens with zero attached hydrogens (tertiary/aromatic N) is 2. The minimum atomic E-state index is -4.06. The van der Waals surface area contributed by atoms with E-state index in [1.807, 2.05) is 12.3 Å². The molecule has 0 amide bonds. The summed E-state index contributed by atoms with van der Waals surface area (Å²) < 4.78 is 37.0. The van der Waals surface area contributed by atoms with Crippen molar-refractivity contribution in [3.63, 3.8) is 0 Å². The molecular weight excluding hydrogens is 207 g/mol. The molecule has 1 aromatic rings. The third-order valence-corrected chi connectivity index (χ3v) is 1.89. The lowest BCUT2D eigenvalue weighted by Gasteiger charge is -2.07. The minimum Gasteiger partial charge on any atom is -0.316 e. The van der Waals surface area contributed by atoms with Gasteiger partial charge in [0, 0.05) is 25.5 Å². The molecule has 0 spiro atoms. The van der Waals surface area contributed by atoms with Gasteiger partial charge in [0.25, 0.3) is 0 Å². The maximum Gasteiger partial charge on any atom is 0.390 e. The van der Waals surface area contributed by atoms with Crippen molar-refractivity contribution in [1.29, 1.82) is 0 Å². The molecule has 0 fully saturated rings. The van der Waals surface area contributed by atoms with Gasteiger partial charge in [0.1, 0.15) is 0 Å². The van der Waals surface area contributed by atoms with Crippen LogP contribution in [0.5, 0.6) is 0 Å². The summed E-state index contributed by atoms with van der Waals surface area (Å²) >= 11 is 0. The van der Waals surface area contributed by atoms with E-state index >= 15 is 0 Å². The Labute approximate surface area is 86.3 Å². The molecule has 0 atom stereocenters. The number of halogens is 3. The zero-order valence-electron chi connectivity index (χ0n) is 8.30. The molecule has 0 radical (unpaired) electrons. The normalized spacial score (nSPS) is 11.9. The monoisotopic (exact) mass is 221 g/mol. The van der Waals surface area contributed by atoms with Crippen molar-refractivity contribution in [3.05, 3.63) is 18.5 Å². The first-order valence-corrected chi connectivity index (χ1v) is 4.83. The number of hydrogen-bond donors (Lipinski definition) is 1. The first-order valence-electron chi connectivity index (χ1n) is 4.83. The predicted octanol–water partition coefficient (Wildman–Crippen LogP) is 1.82. The lowest BCUT2D eigenvalue weighted by atomic mass is 10.4. The fourth-order valence-corrected chi connectivity index (χ4v) is 1.15. The number of aryl methyl sites for hydroxylation is 1. The van der Waals surface area contributed by atoms with E-state index in [2.05, 4.69) is 10.4 Å². The number of rotatable bonds is 6. The SMILES string of the molecule is FC(F)(F)CCNCCCn1cccn1. The van der Waals surface area contributed by atoms with E-state index in [0.717, 1.165) is 13.0 Å². The summed E-state index contributed by atoms with van der Waals surface area (Å²) in [6.07, 6.45) is -0.546. The van der Waals surface area contributed by atoms with Crippen LogP contribution in [0.3, 0.4) is 0 Å². The Kier molecular flexibility index (Phi) is 4.61. The number of aromatic nitrogens is 2. The molecule has 1 N–H and O–H groups in total. The van der Waals surface area contributed by atoms with Crippen molar-refractivity contribution < 1.29 is 13.2 Å². The highest BCUT2D eigenvalue weighted by Crippen LogP contribution is 2.17. The summed E-state index contributed by atoms with van der Waals surface area (Å²) in [5.41, 5.74) is 0. The summed E-state index contributed by atoms with van der Waals surface area (Å²) in [7, 11) is 0. The number of alkyl halides is 3. The molecule has 0 bridgehead atoms. The van der Waals surface area contributed by atoms with Crippen molar-refractivity contribution >= 4 is 0 Å². The van der Waals surface area contributed by atoms with Crippen molar-refractivity contribution in [1.82, 2.24) is 15.1 Å². The largest absolute Gasteiger partial charge is 0.390 e. The third kappa shape index (κ3) is 6.11. The Bertz CT molecular complexity index is 256. The zero-order chi connectivity index (χ0) is 11.1. The minimum absolute atomic E-state index is 0.0113. The standard InChI is InChI=1S/C9H14F3N3/c10-9(11,12)3-6-13-4-1-7-15-8-2-5-14-15/h2,5,8,13H,1,3-4,6-7H2. The molecule has 0 aromatic carbocycles. The predicted molar refractivity (Wildman–Crippen MR) is 50.4 cm³/mol. The van der Waals surface area contributed by atoms with Crippen LogP contribution in [0.4, 0.5) is 13.2 Å². The van der Waals surface area contributed by atoms with Crippen molar-refractivity contribution in [3.8, 4) is 0 Å². The summed E-state index contributed by atoms with van der Waals surface area (Å²) in [5, 5.41) is 6.73. The van der Waals surface area contributed by atoms with Gasteiger partial charge in [-0.25, -0.2) is 0 Å². The van der Waals surface area contributed by atoms with E-state index < -0.39 is 12.6 Å². The number of hydrogen-bond acceptors (Lipinski definition) is 2. The lowest BCUT2D eigenvalue weighted by Crippen LogP contribution is -2.23. The summed E-state index contributed by atoms with van der Waals surface area (Å²) in [6.45, 7) is 1.30. The van der Waals surface area contributed by atoms with E-state index in [4.69, 9.17) is 0 Å². The molecule has 6 heteroatoms. The molecule has 0 unspecified atom stereocenters. The average Bonchev–Trinajstić information content (AvgIpc) is 2.61. The Morgan fingerprint density at radius 1 is 1.27 bits per heavy atom. The van der Waals surface area contributed by atoms with Crippen LogP contribution < -0.4 is 5.32 Å². The molecule has 15 heavy (non-hydrogen) atoms. The van der Waals surface area contributed by atoms with Crippen LogP contribution in [0, 0.1) is 0 Å². The number of nitrogens with one attached hydrogen (secondary N) is 1. The fraction of sp³-hybridized carbons (Fsp3) is 0.667. The first-order chi connectivity index (χ1) is 7.08. The maximum atomic E-state index is 11.7. The average molecular weight is 221 g/mol. The summed E-state index contributed by atoms with van der Waals surface area (Å²) in [6, 6.07) is 1.82. The molecule has 1 rings (SSSR count). The molecule has 0 aliphatic carbocycles. The quantitative estimate of drug-likeness (QED) is 0.742. The van der Waals surface area contributed by atoms with Crippen LogP contribution in [-0.2, 0) is 6.54 Å². The first kappa shape index (κ1) is 12.0. The highest BCUT2D eigenvalue weighted by Gasteiger charge is 2.25. The Morgan fingerprint density at radius 2 is 2.07 bits per heavy atom. The van der Waals surface area contributed by atoms with Crippen LogP contribution in [0.2, 0.25) is 0 Å². The van der Waals surface area contributed by atoms with Crippen LogP contribution in [-0.4, -0.2) is 29.0 Å². The summed E-state index contributed by atoms with van der Waals surface area (Å²) in [4.78, 5) is 0. The second-order valence-electron chi connectivity index (χ2n) is 3.24. The van der Waals surface area contributed by atoms with E-state index in [9.17, 15) is 13.2 Å². The zero-order valence-corrected chi connectivity index (χ0v) is 8.30. The topological polar surface area (TPSA) is 29.9 Å². The van der Waals surface area contributed by atoms with E-state index in [1.165, 1.54) is 0 Å².